The van der Waals surface area contributed by atoms with Crippen LogP contribution in [0, 0.1) is 0 Å². The van der Waals surface area contributed by atoms with E-state index in [2.05, 4.69) is 110 Å². The summed E-state index contributed by atoms with van der Waals surface area (Å²) < 4.78 is 34.8. The van der Waals surface area contributed by atoms with Gasteiger partial charge in [-0.1, -0.05) is 100 Å². The molecule has 236 valence electrons. The number of ether oxygens (including phenoxy) is 1. The maximum absolute atomic E-state index is 14.1. The summed E-state index contributed by atoms with van der Waals surface area (Å²) >= 11 is 0. The molecule has 0 aromatic heterocycles. The van der Waals surface area contributed by atoms with Crippen molar-refractivity contribution in [1.29, 1.82) is 0 Å². The molecule has 5 nitrogen and oxygen atoms in total. The Morgan fingerprint density at radius 3 is 1.10 bits per heavy atom. The van der Waals surface area contributed by atoms with Crippen LogP contribution in [-0.4, -0.2) is 8.42 Å². The number of fused-ring (bicyclic) bond motifs is 6. The Morgan fingerprint density at radius 1 is 0.458 bits per heavy atom. The van der Waals surface area contributed by atoms with Gasteiger partial charge in [0, 0.05) is 34.3 Å². The fourth-order valence-electron chi connectivity index (χ4n) is 8.01. The molecule has 0 spiro atoms. The van der Waals surface area contributed by atoms with Gasteiger partial charge in [-0.15, -0.1) is 0 Å². The smallest absolute Gasteiger partial charge is 0.213 e. The molecule has 0 saturated heterocycles. The second-order valence-corrected chi connectivity index (χ2v) is 15.7. The topological polar surface area (TPSA) is 49.9 Å². The van der Waals surface area contributed by atoms with Gasteiger partial charge in [-0.05, 0) is 70.8 Å². The van der Waals surface area contributed by atoms with Crippen molar-refractivity contribution in [1.82, 2.24) is 0 Å². The van der Waals surface area contributed by atoms with Gasteiger partial charge in [0.1, 0.15) is 21.3 Å². The Bertz CT molecular complexity index is 2170. The zero-order valence-electron chi connectivity index (χ0n) is 27.2. The van der Waals surface area contributed by atoms with Crippen LogP contribution >= 0.6 is 0 Å². The van der Waals surface area contributed by atoms with Crippen LogP contribution in [-0.2, 0) is 20.7 Å². The van der Waals surface area contributed by atoms with E-state index in [1.807, 2.05) is 48.5 Å². The van der Waals surface area contributed by atoms with Gasteiger partial charge in [0.25, 0.3) is 0 Å². The molecule has 3 aliphatic rings. The van der Waals surface area contributed by atoms with E-state index in [1.54, 1.807) is 12.1 Å². The molecule has 0 N–H and O–H groups in total. The van der Waals surface area contributed by atoms with E-state index in [1.165, 1.54) is 22.3 Å². The van der Waals surface area contributed by atoms with E-state index >= 15 is 0 Å². The van der Waals surface area contributed by atoms with Crippen LogP contribution in [0.3, 0.4) is 0 Å². The van der Waals surface area contributed by atoms with Crippen LogP contribution in [0.4, 0.5) is 34.1 Å². The molecule has 0 bridgehead atoms. The van der Waals surface area contributed by atoms with Gasteiger partial charge in [0.05, 0.1) is 22.7 Å². The predicted molar refractivity (Wildman–Crippen MR) is 192 cm³/mol. The highest BCUT2D eigenvalue weighted by Gasteiger charge is 2.40. The van der Waals surface area contributed by atoms with Gasteiger partial charge in [0.15, 0.2) is 0 Å². The largest absolute Gasteiger partial charge is 0.454 e. The quantitative estimate of drug-likeness (QED) is 0.187. The minimum Gasteiger partial charge on any atom is -0.454 e. The molecule has 9 rings (SSSR count). The number of anilines is 6. The maximum atomic E-state index is 14.1. The van der Waals surface area contributed by atoms with Crippen LogP contribution < -0.4 is 14.5 Å². The molecule has 3 heterocycles. The van der Waals surface area contributed by atoms with Gasteiger partial charge in [-0.25, -0.2) is 8.42 Å². The van der Waals surface area contributed by atoms with Crippen LogP contribution in [0.2, 0.25) is 0 Å². The molecule has 0 atom stereocenters. The Balaban J connectivity index is 1.18. The summed E-state index contributed by atoms with van der Waals surface area (Å²) in [5.41, 5.74) is 10.3. The molecule has 3 aliphatic heterocycles. The molecule has 0 fully saturated rings. The summed E-state index contributed by atoms with van der Waals surface area (Å²) in [4.78, 5) is 4.75. The summed E-state index contributed by atoms with van der Waals surface area (Å²) in [6.07, 6.45) is 0. The van der Waals surface area contributed by atoms with Crippen molar-refractivity contribution in [2.24, 2.45) is 0 Å². The van der Waals surface area contributed by atoms with E-state index in [0.717, 1.165) is 34.1 Å². The normalized spacial score (nSPS) is 17.1. The second-order valence-electron chi connectivity index (χ2n) is 13.9. The molecular formula is C42H34N2O3S. The second kappa shape index (κ2) is 9.85. The molecule has 0 unspecified atom stereocenters. The number of hydrogen-bond donors (Lipinski definition) is 0. The lowest BCUT2D eigenvalue weighted by atomic mass is 9.73. The highest BCUT2D eigenvalue weighted by molar-refractivity contribution is 7.91. The molecule has 0 radical (unpaired) electrons. The number of hydrogen-bond acceptors (Lipinski definition) is 5. The zero-order valence-corrected chi connectivity index (χ0v) is 28.0. The van der Waals surface area contributed by atoms with E-state index in [-0.39, 0.29) is 20.6 Å². The first kappa shape index (κ1) is 28.9. The molecule has 6 aromatic carbocycles. The third kappa shape index (κ3) is 3.87. The number of benzene rings is 6. The first-order chi connectivity index (χ1) is 23.1. The van der Waals surface area contributed by atoms with E-state index in [9.17, 15) is 8.42 Å². The molecule has 0 aliphatic carbocycles. The fraction of sp³-hybridized carbons (Fsp3) is 0.143. The molecule has 0 saturated carbocycles. The number of nitrogens with zero attached hydrogens (tertiary/aromatic N) is 2. The Kier molecular flexibility index (Phi) is 5.92. The van der Waals surface area contributed by atoms with E-state index in [4.69, 9.17) is 4.74 Å². The summed E-state index contributed by atoms with van der Waals surface area (Å²) in [7, 11) is -3.84. The highest BCUT2D eigenvalue weighted by atomic mass is 32.2. The Hall–Kier alpha value is -5.33. The number of rotatable bonds is 2. The summed E-state index contributed by atoms with van der Waals surface area (Å²) in [5.74, 6) is 0.634. The van der Waals surface area contributed by atoms with Gasteiger partial charge in [0.2, 0.25) is 9.84 Å². The summed E-state index contributed by atoms with van der Waals surface area (Å²) in [5, 5.41) is 0. The summed E-state index contributed by atoms with van der Waals surface area (Å²) in [6.45, 7) is 9.00. The third-order valence-corrected chi connectivity index (χ3v) is 12.3. The van der Waals surface area contributed by atoms with Gasteiger partial charge < -0.3 is 14.5 Å². The van der Waals surface area contributed by atoms with Crippen molar-refractivity contribution in [2.45, 2.75) is 48.3 Å². The van der Waals surface area contributed by atoms with Crippen molar-refractivity contribution < 1.29 is 13.2 Å². The molecule has 6 aromatic rings. The lowest BCUT2D eigenvalue weighted by Gasteiger charge is -2.42. The van der Waals surface area contributed by atoms with Crippen molar-refractivity contribution in [3.05, 3.63) is 156 Å². The van der Waals surface area contributed by atoms with Crippen molar-refractivity contribution in [3.63, 3.8) is 0 Å². The monoisotopic (exact) mass is 646 g/mol. The molecule has 48 heavy (non-hydrogen) atoms. The fourth-order valence-corrected chi connectivity index (χ4v) is 9.47. The van der Waals surface area contributed by atoms with Crippen molar-refractivity contribution in [3.8, 4) is 11.5 Å². The number of para-hydroxylation sites is 4. The zero-order chi connectivity index (χ0) is 33.0. The SMILES string of the molecule is CC1(C)c2ccccc2N(c2ccc3c(c2)Oc2cc(N4c5ccccc5C(C)(C)c5ccccc54)ccc2S3(=O)=O)c2ccccc21. The van der Waals surface area contributed by atoms with Crippen LogP contribution in [0.5, 0.6) is 11.5 Å². The van der Waals surface area contributed by atoms with Gasteiger partial charge in [-0.2, -0.15) is 0 Å². The number of sulfone groups is 1. The van der Waals surface area contributed by atoms with E-state index < -0.39 is 9.84 Å². The van der Waals surface area contributed by atoms with Crippen LogP contribution in [0.15, 0.2) is 143 Å². The lowest BCUT2D eigenvalue weighted by molar-refractivity contribution is 0.443. The van der Waals surface area contributed by atoms with Gasteiger partial charge >= 0.3 is 0 Å². The third-order valence-electron chi connectivity index (χ3n) is 10.4. The standard InChI is InChI=1S/C42H34N2O3S/c1-41(2)29-13-5-9-17-33(29)43(34-18-10-6-14-30(34)41)27-21-23-39-37(25-27)47-38-26-28(22-24-40(38)48(39,45)46)44-35-19-11-7-15-31(35)42(3,4)32-16-8-12-20-36(32)44/h5-26H,1-4H3. The average Bonchev–Trinajstić information content (AvgIpc) is 3.08. The average molecular weight is 647 g/mol. The first-order valence-corrected chi connectivity index (χ1v) is 17.8. The van der Waals surface area contributed by atoms with Crippen LogP contribution in [0.1, 0.15) is 49.9 Å². The first-order valence-electron chi connectivity index (χ1n) is 16.3. The predicted octanol–water partition coefficient (Wildman–Crippen LogP) is 10.8. The minimum atomic E-state index is -3.84. The molecule has 0 amide bonds. The van der Waals surface area contributed by atoms with E-state index in [0.29, 0.717) is 11.5 Å². The Morgan fingerprint density at radius 2 is 0.771 bits per heavy atom. The molecular weight excluding hydrogens is 613 g/mol. The Labute approximate surface area is 281 Å². The van der Waals surface area contributed by atoms with Crippen molar-refractivity contribution >= 4 is 44.0 Å². The van der Waals surface area contributed by atoms with Crippen molar-refractivity contribution in [2.75, 3.05) is 9.80 Å². The summed E-state index contributed by atoms with van der Waals surface area (Å²) in [6, 6.07) is 44.5. The minimum absolute atomic E-state index is 0.167. The lowest BCUT2D eigenvalue weighted by Crippen LogP contribution is -2.30. The highest BCUT2D eigenvalue weighted by Crippen LogP contribution is 2.55. The van der Waals surface area contributed by atoms with Crippen LogP contribution in [0.25, 0.3) is 0 Å². The van der Waals surface area contributed by atoms with Gasteiger partial charge in [-0.3, -0.25) is 0 Å². The maximum Gasteiger partial charge on any atom is 0.213 e. The molecule has 6 heteroatoms.